The summed E-state index contributed by atoms with van der Waals surface area (Å²) in [5.74, 6) is 0.952. The molecule has 3 aliphatic heterocycles. The van der Waals surface area contributed by atoms with E-state index in [1.807, 2.05) is 29.2 Å². The zero-order valence-electron chi connectivity index (χ0n) is 15.5. The summed E-state index contributed by atoms with van der Waals surface area (Å²) in [7, 11) is 0. The minimum atomic E-state index is -0.188. The van der Waals surface area contributed by atoms with Crippen LogP contribution in [0.3, 0.4) is 0 Å². The Morgan fingerprint density at radius 1 is 1.00 bits per heavy atom. The van der Waals surface area contributed by atoms with E-state index in [-0.39, 0.29) is 36.9 Å². The number of anilines is 1. The number of fused-ring (bicyclic) bond motifs is 1. The van der Waals surface area contributed by atoms with E-state index in [4.69, 9.17) is 14.2 Å². The molecule has 3 aliphatic rings. The molecule has 146 valence electrons. The normalized spacial score (nSPS) is 23.0. The Balaban J connectivity index is 1.31. The standard InChI is InChI=1S/C20H26N2O5/c23-18(21-9-3-4-15(14-21)20-26-12-13-27-20)7-8-19(24)22-10-11-25-17-6-2-1-5-16(17)22/h1-2,5-6,15,20H,3-4,7-14H2. The Bertz CT molecular complexity index is 689. The SMILES string of the molecule is O=C(CCC(=O)N1CCOc2ccccc21)N1CCCC(C2OCCO2)C1. The van der Waals surface area contributed by atoms with Crippen molar-refractivity contribution in [3.63, 3.8) is 0 Å². The molecule has 0 aliphatic carbocycles. The fourth-order valence-electron chi connectivity index (χ4n) is 4.04. The van der Waals surface area contributed by atoms with Crippen molar-refractivity contribution in [2.24, 2.45) is 5.92 Å². The maximum atomic E-state index is 12.7. The van der Waals surface area contributed by atoms with E-state index >= 15 is 0 Å². The highest BCUT2D eigenvalue weighted by atomic mass is 16.7. The van der Waals surface area contributed by atoms with Crippen LogP contribution in [0.25, 0.3) is 0 Å². The van der Waals surface area contributed by atoms with Gasteiger partial charge in [0.1, 0.15) is 12.4 Å². The average molecular weight is 374 g/mol. The number of rotatable bonds is 4. The molecule has 7 heteroatoms. The van der Waals surface area contributed by atoms with Gasteiger partial charge in [-0.15, -0.1) is 0 Å². The molecule has 1 atom stereocenters. The average Bonchev–Trinajstić information content (AvgIpc) is 3.26. The van der Waals surface area contributed by atoms with Gasteiger partial charge < -0.3 is 24.0 Å². The van der Waals surface area contributed by atoms with E-state index in [1.54, 1.807) is 4.90 Å². The first-order valence-electron chi connectivity index (χ1n) is 9.75. The van der Waals surface area contributed by atoms with Crippen LogP contribution in [0.4, 0.5) is 5.69 Å². The van der Waals surface area contributed by atoms with Crippen molar-refractivity contribution in [3.8, 4) is 5.75 Å². The second-order valence-corrected chi connectivity index (χ2v) is 7.21. The Hall–Kier alpha value is -2.12. The molecule has 0 aromatic heterocycles. The first kappa shape index (κ1) is 18.3. The minimum absolute atomic E-state index is 0.0323. The lowest BCUT2D eigenvalue weighted by Gasteiger charge is -2.35. The smallest absolute Gasteiger partial charge is 0.227 e. The van der Waals surface area contributed by atoms with E-state index in [0.717, 1.165) is 30.8 Å². The van der Waals surface area contributed by atoms with Crippen LogP contribution in [0.5, 0.6) is 5.75 Å². The summed E-state index contributed by atoms with van der Waals surface area (Å²) in [6.45, 7) is 3.65. The molecule has 1 aromatic carbocycles. The summed E-state index contributed by atoms with van der Waals surface area (Å²) in [4.78, 5) is 28.9. The van der Waals surface area contributed by atoms with Crippen molar-refractivity contribution in [2.45, 2.75) is 32.0 Å². The summed E-state index contributed by atoms with van der Waals surface area (Å²) in [5.41, 5.74) is 0.787. The van der Waals surface area contributed by atoms with E-state index < -0.39 is 0 Å². The predicted molar refractivity (Wildman–Crippen MR) is 98.5 cm³/mol. The van der Waals surface area contributed by atoms with Crippen molar-refractivity contribution >= 4 is 17.5 Å². The van der Waals surface area contributed by atoms with Crippen LogP contribution in [0.1, 0.15) is 25.7 Å². The molecule has 0 N–H and O–H groups in total. The number of amides is 2. The van der Waals surface area contributed by atoms with E-state index in [1.165, 1.54) is 0 Å². The lowest BCUT2D eigenvalue weighted by Crippen LogP contribution is -2.44. The number of carbonyl (C=O) groups excluding carboxylic acids is 2. The van der Waals surface area contributed by atoms with Gasteiger partial charge in [-0.25, -0.2) is 0 Å². The van der Waals surface area contributed by atoms with Crippen molar-refractivity contribution in [1.82, 2.24) is 4.90 Å². The number of hydrogen-bond donors (Lipinski definition) is 0. The maximum Gasteiger partial charge on any atom is 0.227 e. The Morgan fingerprint density at radius 2 is 1.78 bits per heavy atom. The zero-order chi connectivity index (χ0) is 18.6. The molecule has 2 amide bonds. The van der Waals surface area contributed by atoms with Gasteiger partial charge in [0, 0.05) is 31.8 Å². The van der Waals surface area contributed by atoms with Crippen LogP contribution in [0, 0.1) is 5.92 Å². The zero-order valence-corrected chi connectivity index (χ0v) is 15.5. The highest BCUT2D eigenvalue weighted by Crippen LogP contribution is 2.31. The van der Waals surface area contributed by atoms with Crippen molar-refractivity contribution in [3.05, 3.63) is 24.3 Å². The van der Waals surface area contributed by atoms with Crippen LogP contribution in [-0.4, -0.2) is 62.5 Å². The fourth-order valence-corrected chi connectivity index (χ4v) is 4.04. The molecule has 3 heterocycles. The van der Waals surface area contributed by atoms with Crippen molar-refractivity contribution < 1.29 is 23.8 Å². The van der Waals surface area contributed by atoms with E-state index in [9.17, 15) is 9.59 Å². The maximum absolute atomic E-state index is 12.7. The molecule has 27 heavy (non-hydrogen) atoms. The van der Waals surface area contributed by atoms with Crippen LogP contribution in [0.2, 0.25) is 0 Å². The molecule has 0 spiro atoms. The number of piperidine rings is 1. The van der Waals surface area contributed by atoms with Gasteiger partial charge in [-0.05, 0) is 25.0 Å². The number of benzene rings is 1. The number of ether oxygens (including phenoxy) is 3. The molecular formula is C20H26N2O5. The molecule has 1 aromatic rings. The van der Waals surface area contributed by atoms with E-state index in [0.29, 0.717) is 32.9 Å². The van der Waals surface area contributed by atoms with Gasteiger partial charge in [-0.2, -0.15) is 0 Å². The fraction of sp³-hybridized carbons (Fsp3) is 0.600. The molecule has 4 rings (SSSR count). The summed E-state index contributed by atoms with van der Waals surface area (Å²) < 4.78 is 16.8. The van der Waals surface area contributed by atoms with Gasteiger partial charge in [-0.3, -0.25) is 9.59 Å². The third kappa shape index (κ3) is 4.09. The summed E-state index contributed by atoms with van der Waals surface area (Å²) >= 11 is 0. The number of likely N-dealkylation sites (tertiary alicyclic amines) is 1. The van der Waals surface area contributed by atoms with Gasteiger partial charge in [0.2, 0.25) is 11.8 Å². The molecular weight excluding hydrogens is 348 g/mol. The number of hydrogen-bond acceptors (Lipinski definition) is 5. The topological polar surface area (TPSA) is 68.3 Å². The minimum Gasteiger partial charge on any atom is -0.490 e. The first-order chi connectivity index (χ1) is 13.2. The van der Waals surface area contributed by atoms with Crippen molar-refractivity contribution in [2.75, 3.05) is 44.4 Å². The molecule has 0 saturated carbocycles. The van der Waals surface area contributed by atoms with Gasteiger partial charge >= 0.3 is 0 Å². The molecule has 0 bridgehead atoms. The van der Waals surface area contributed by atoms with Gasteiger partial charge in [0.05, 0.1) is 25.4 Å². The van der Waals surface area contributed by atoms with Gasteiger partial charge in [0.25, 0.3) is 0 Å². The summed E-state index contributed by atoms with van der Waals surface area (Å²) in [5, 5.41) is 0. The third-order valence-corrected chi connectivity index (χ3v) is 5.43. The van der Waals surface area contributed by atoms with Crippen LogP contribution in [0.15, 0.2) is 24.3 Å². The summed E-state index contributed by atoms with van der Waals surface area (Å²) in [6.07, 6.45) is 2.22. The van der Waals surface area contributed by atoms with Crippen molar-refractivity contribution in [1.29, 1.82) is 0 Å². The van der Waals surface area contributed by atoms with Crippen LogP contribution >= 0.6 is 0 Å². The van der Waals surface area contributed by atoms with Crippen LogP contribution < -0.4 is 9.64 Å². The highest BCUT2D eigenvalue weighted by molar-refractivity contribution is 5.97. The second-order valence-electron chi connectivity index (χ2n) is 7.21. The Labute approximate surface area is 159 Å². The Morgan fingerprint density at radius 3 is 2.63 bits per heavy atom. The number of para-hydroxylation sites is 2. The van der Waals surface area contributed by atoms with Gasteiger partial charge in [-0.1, -0.05) is 12.1 Å². The molecule has 1 unspecified atom stereocenters. The monoisotopic (exact) mass is 374 g/mol. The quantitative estimate of drug-likeness (QED) is 0.804. The Kier molecular flexibility index (Phi) is 5.59. The molecule has 2 fully saturated rings. The lowest BCUT2D eigenvalue weighted by molar-refractivity contribution is -0.140. The predicted octanol–water partition coefficient (Wildman–Crippen LogP) is 1.80. The number of nitrogens with zero attached hydrogens (tertiary/aromatic N) is 2. The first-order valence-corrected chi connectivity index (χ1v) is 9.75. The number of carbonyl (C=O) groups is 2. The summed E-state index contributed by atoms with van der Waals surface area (Å²) in [6, 6.07) is 7.52. The highest BCUT2D eigenvalue weighted by Gasteiger charge is 2.33. The van der Waals surface area contributed by atoms with Crippen LogP contribution in [-0.2, 0) is 19.1 Å². The lowest BCUT2D eigenvalue weighted by atomic mass is 9.97. The largest absolute Gasteiger partial charge is 0.490 e. The molecule has 2 saturated heterocycles. The van der Waals surface area contributed by atoms with E-state index in [2.05, 4.69) is 0 Å². The third-order valence-electron chi connectivity index (χ3n) is 5.43. The molecule has 0 radical (unpaired) electrons. The second kappa shape index (κ2) is 8.27. The van der Waals surface area contributed by atoms with Gasteiger partial charge in [0.15, 0.2) is 6.29 Å². The molecule has 7 nitrogen and oxygen atoms in total.